The maximum absolute atomic E-state index is 5.89. The summed E-state index contributed by atoms with van der Waals surface area (Å²) in [7, 11) is -1.29. The maximum Gasteiger partial charge on any atom is 0.332 e. The maximum atomic E-state index is 5.89. The van der Waals surface area contributed by atoms with Gasteiger partial charge in [0.2, 0.25) is 0 Å². The molecule has 0 aliphatic heterocycles. The van der Waals surface area contributed by atoms with Crippen LogP contribution in [0.4, 0.5) is 0 Å². The number of hydrogen-bond donors (Lipinski definition) is 0. The molecule has 3 aromatic heterocycles. The summed E-state index contributed by atoms with van der Waals surface area (Å²) in [6.07, 6.45) is 2.71. The summed E-state index contributed by atoms with van der Waals surface area (Å²) in [5, 5.41) is 6.27. The molecule has 0 spiro atoms. The molecule has 0 atom stereocenters. The highest BCUT2D eigenvalue weighted by Gasteiger charge is 2.13. The van der Waals surface area contributed by atoms with Crippen LogP contribution in [0.25, 0.3) is 0 Å². The predicted octanol–water partition coefficient (Wildman–Crippen LogP) is 6.18. The van der Waals surface area contributed by atoms with Gasteiger partial charge in [-0.1, -0.05) is 18.2 Å². The topological polar surface area (TPSA) is 27.7 Å². The van der Waals surface area contributed by atoms with Crippen LogP contribution in [-0.4, -0.2) is 19.8 Å². The van der Waals surface area contributed by atoms with Crippen molar-refractivity contribution in [3.8, 4) is 0 Å². The Bertz CT molecular complexity index is 573. The second kappa shape index (κ2) is 11.2. The minimum absolute atomic E-state index is 0.629. The van der Waals surface area contributed by atoms with Crippen molar-refractivity contribution in [2.75, 3.05) is 19.8 Å². The van der Waals surface area contributed by atoms with E-state index in [1.807, 2.05) is 0 Å². The van der Waals surface area contributed by atoms with E-state index >= 15 is 0 Å². The van der Waals surface area contributed by atoms with Crippen LogP contribution in [0, 0.1) is 0 Å². The number of hydrogen-bond acceptors (Lipinski definition) is 6. The molecule has 134 valence electrons. The van der Waals surface area contributed by atoms with E-state index in [-0.39, 0.29) is 0 Å². The van der Waals surface area contributed by atoms with E-state index in [9.17, 15) is 0 Å². The lowest BCUT2D eigenvalue weighted by Crippen LogP contribution is -2.03. The Morgan fingerprint density at radius 3 is 1.24 bits per heavy atom. The lowest BCUT2D eigenvalue weighted by molar-refractivity contribution is 0.164. The van der Waals surface area contributed by atoms with Crippen molar-refractivity contribution in [3.05, 3.63) is 67.2 Å². The largest absolute Gasteiger partial charge is 0.332 e. The number of thiophene rings is 3. The van der Waals surface area contributed by atoms with Gasteiger partial charge in [0.15, 0.2) is 0 Å². The quantitative estimate of drug-likeness (QED) is 0.333. The molecule has 3 nitrogen and oxygen atoms in total. The van der Waals surface area contributed by atoms with Gasteiger partial charge in [-0.05, 0) is 34.3 Å². The third-order valence-electron chi connectivity index (χ3n) is 3.38. The average Bonchev–Trinajstić information content (AvgIpc) is 3.38. The molecule has 0 unspecified atom stereocenters. The van der Waals surface area contributed by atoms with Crippen LogP contribution in [0.5, 0.6) is 0 Å². The normalized spacial score (nSPS) is 11.4. The summed E-state index contributed by atoms with van der Waals surface area (Å²) >= 11 is 5.27. The Morgan fingerprint density at radius 1 is 0.600 bits per heavy atom. The minimum Gasteiger partial charge on any atom is -0.312 e. The van der Waals surface area contributed by atoms with Gasteiger partial charge in [-0.15, -0.1) is 34.0 Å². The fraction of sp³-hybridized carbons (Fsp3) is 0.333. The molecule has 3 heterocycles. The molecule has 0 fully saturated rings. The highest BCUT2D eigenvalue weighted by atomic mass is 32.1. The fourth-order valence-electron chi connectivity index (χ4n) is 2.14. The first-order chi connectivity index (χ1) is 12.4. The molecular weight excluding hydrogens is 391 g/mol. The summed E-state index contributed by atoms with van der Waals surface area (Å²) < 4.78 is 17.7. The van der Waals surface area contributed by atoms with Crippen LogP contribution in [0.2, 0.25) is 0 Å². The summed E-state index contributed by atoms with van der Waals surface area (Å²) in [6, 6.07) is 12.6. The predicted molar refractivity (Wildman–Crippen MR) is 109 cm³/mol. The average molecular weight is 413 g/mol. The highest BCUT2D eigenvalue weighted by Crippen LogP contribution is 2.40. The summed E-state index contributed by atoms with van der Waals surface area (Å²) in [5.74, 6) is 0. The van der Waals surface area contributed by atoms with Crippen molar-refractivity contribution >= 4 is 42.6 Å². The molecule has 25 heavy (non-hydrogen) atoms. The van der Waals surface area contributed by atoms with Gasteiger partial charge in [0.05, 0.1) is 19.8 Å². The van der Waals surface area contributed by atoms with E-state index in [1.165, 1.54) is 14.6 Å². The van der Waals surface area contributed by atoms with Crippen LogP contribution in [0.15, 0.2) is 52.5 Å². The van der Waals surface area contributed by atoms with Crippen molar-refractivity contribution in [2.24, 2.45) is 0 Å². The van der Waals surface area contributed by atoms with E-state index in [0.717, 1.165) is 19.3 Å². The first kappa shape index (κ1) is 19.2. The van der Waals surface area contributed by atoms with Gasteiger partial charge in [-0.2, -0.15) is 0 Å². The Labute approximate surface area is 162 Å². The van der Waals surface area contributed by atoms with Crippen molar-refractivity contribution < 1.29 is 13.6 Å². The molecule has 7 heteroatoms. The zero-order valence-corrected chi connectivity index (χ0v) is 17.2. The van der Waals surface area contributed by atoms with Crippen molar-refractivity contribution in [3.63, 3.8) is 0 Å². The lowest BCUT2D eigenvalue weighted by atomic mass is 10.4. The smallest absolute Gasteiger partial charge is 0.312 e. The SMILES string of the molecule is c1csc(CCOP(OCCc2cccs2)OCCc2cccs2)c1. The summed E-state index contributed by atoms with van der Waals surface area (Å²) in [5.41, 5.74) is 0. The van der Waals surface area contributed by atoms with Crippen LogP contribution in [0.3, 0.4) is 0 Å². The van der Waals surface area contributed by atoms with Crippen molar-refractivity contribution in [1.29, 1.82) is 0 Å². The van der Waals surface area contributed by atoms with Crippen LogP contribution in [-0.2, 0) is 32.8 Å². The van der Waals surface area contributed by atoms with Gasteiger partial charge in [0.25, 0.3) is 0 Å². The summed E-state index contributed by atoms with van der Waals surface area (Å²) in [4.78, 5) is 3.98. The molecule has 0 aromatic carbocycles. The van der Waals surface area contributed by atoms with Crippen LogP contribution >= 0.6 is 42.6 Å². The molecule has 3 rings (SSSR count). The lowest BCUT2D eigenvalue weighted by Gasteiger charge is -2.16. The molecule has 0 aliphatic rings. The molecule has 0 saturated carbocycles. The van der Waals surface area contributed by atoms with Crippen molar-refractivity contribution in [1.82, 2.24) is 0 Å². The second-order valence-corrected chi connectivity index (χ2v) is 9.53. The molecule has 0 saturated heterocycles. The Balaban J connectivity index is 1.40. The van der Waals surface area contributed by atoms with Gasteiger partial charge in [-0.25, -0.2) is 0 Å². The first-order valence-electron chi connectivity index (χ1n) is 8.16. The minimum atomic E-state index is -1.29. The molecule has 0 radical (unpaired) electrons. The third kappa shape index (κ3) is 7.27. The molecular formula is C18H21O3PS3. The zero-order valence-electron chi connectivity index (χ0n) is 13.8. The molecule has 0 aliphatic carbocycles. The standard InChI is InChI=1S/C18H21O3PS3/c1-4-16(23-13-1)7-10-19-22(20-11-8-17-5-2-14-24-17)21-12-9-18-6-3-15-25-18/h1-6,13-15H,7-12H2. The Hall–Kier alpha value is -0.590. The van der Waals surface area contributed by atoms with Crippen LogP contribution < -0.4 is 0 Å². The molecule has 3 aromatic rings. The van der Waals surface area contributed by atoms with Crippen molar-refractivity contribution in [2.45, 2.75) is 19.3 Å². The van der Waals surface area contributed by atoms with E-state index < -0.39 is 8.60 Å². The van der Waals surface area contributed by atoms with Gasteiger partial charge in [0, 0.05) is 33.9 Å². The van der Waals surface area contributed by atoms with Gasteiger partial charge >= 0.3 is 8.60 Å². The second-order valence-electron chi connectivity index (χ2n) is 5.21. The van der Waals surface area contributed by atoms with E-state index in [4.69, 9.17) is 13.6 Å². The number of rotatable bonds is 12. The van der Waals surface area contributed by atoms with Gasteiger partial charge < -0.3 is 13.6 Å². The summed E-state index contributed by atoms with van der Waals surface area (Å²) in [6.45, 7) is 1.89. The fourth-order valence-corrected chi connectivity index (χ4v) is 5.15. The van der Waals surface area contributed by atoms with Crippen LogP contribution in [0.1, 0.15) is 14.6 Å². The highest BCUT2D eigenvalue weighted by molar-refractivity contribution is 7.41. The zero-order chi connectivity index (χ0) is 17.2. The third-order valence-corrected chi connectivity index (χ3v) is 7.36. The first-order valence-corrected chi connectivity index (χ1v) is 11.9. The van der Waals surface area contributed by atoms with E-state index in [2.05, 4.69) is 52.5 Å². The molecule has 0 bridgehead atoms. The van der Waals surface area contributed by atoms with E-state index in [1.54, 1.807) is 34.0 Å². The molecule has 0 N–H and O–H groups in total. The molecule has 0 amide bonds. The van der Waals surface area contributed by atoms with E-state index in [0.29, 0.717) is 19.8 Å². The Kier molecular flexibility index (Phi) is 8.59. The Morgan fingerprint density at radius 2 is 0.960 bits per heavy atom. The monoisotopic (exact) mass is 412 g/mol. The van der Waals surface area contributed by atoms with Gasteiger partial charge in [-0.3, -0.25) is 0 Å². The van der Waals surface area contributed by atoms with Gasteiger partial charge in [0.1, 0.15) is 0 Å².